The van der Waals surface area contributed by atoms with Gasteiger partial charge in [-0.1, -0.05) is 25.5 Å². The lowest BCUT2D eigenvalue weighted by molar-refractivity contribution is -0.122. The number of carbonyl (C=O) groups is 1. The second kappa shape index (κ2) is 9.67. The van der Waals surface area contributed by atoms with E-state index in [4.69, 9.17) is 4.74 Å². The summed E-state index contributed by atoms with van der Waals surface area (Å²) in [6.45, 7) is 3.47. The van der Waals surface area contributed by atoms with Crippen molar-refractivity contribution < 1.29 is 9.53 Å². The first-order chi connectivity index (χ1) is 11.6. The van der Waals surface area contributed by atoms with Gasteiger partial charge in [0, 0.05) is 12.6 Å². The van der Waals surface area contributed by atoms with E-state index in [1.165, 1.54) is 37.7 Å². The summed E-state index contributed by atoms with van der Waals surface area (Å²) in [5, 5.41) is 3.04. The molecule has 2 rings (SSSR count). The molecule has 1 N–H and O–H groups in total. The fourth-order valence-corrected chi connectivity index (χ4v) is 3.54. The molecule has 1 fully saturated rings. The number of nitrogens with zero attached hydrogens (tertiary/aromatic N) is 1. The Balaban J connectivity index is 1.65. The maximum Gasteiger partial charge on any atom is 0.234 e. The summed E-state index contributed by atoms with van der Waals surface area (Å²) in [5.41, 5.74) is 1.21. The third kappa shape index (κ3) is 5.82. The maximum absolute atomic E-state index is 12.1. The van der Waals surface area contributed by atoms with Crippen molar-refractivity contribution in [1.29, 1.82) is 0 Å². The normalized spacial score (nSPS) is 20.8. The highest BCUT2D eigenvalue weighted by molar-refractivity contribution is 5.78. The third-order valence-corrected chi connectivity index (χ3v) is 5.30. The topological polar surface area (TPSA) is 41.6 Å². The van der Waals surface area contributed by atoms with Crippen molar-refractivity contribution in [3.63, 3.8) is 0 Å². The van der Waals surface area contributed by atoms with Gasteiger partial charge in [0.05, 0.1) is 13.7 Å². The molecule has 4 heteroatoms. The molecule has 1 saturated carbocycles. The first kappa shape index (κ1) is 18.8. The first-order valence-electron chi connectivity index (χ1n) is 9.22. The predicted molar refractivity (Wildman–Crippen MR) is 98.4 cm³/mol. The molecule has 1 aromatic carbocycles. The molecule has 0 aliphatic heterocycles. The molecular weight excluding hydrogens is 300 g/mol. The van der Waals surface area contributed by atoms with Crippen molar-refractivity contribution in [3.8, 4) is 5.75 Å². The monoisotopic (exact) mass is 332 g/mol. The number of rotatable bonds is 8. The fraction of sp³-hybridized carbons (Fsp3) is 0.650. The fourth-order valence-electron chi connectivity index (χ4n) is 3.54. The van der Waals surface area contributed by atoms with E-state index >= 15 is 0 Å². The number of amides is 1. The van der Waals surface area contributed by atoms with Crippen LogP contribution < -0.4 is 10.1 Å². The number of ether oxygens (including phenoxy) is 1. The average molecular weight is 332 g/mol. The molecule has 0 heterocycles. The number of methoxy groups -OCH3 is 1. The van der Waals surface area contributed by atoms with Crippen molar-refractivity contribution >= 4 is 5.91 Å². The van der Waals surface area contributed by atoms with Gasteiger partial charge >= 0.3 is 0 Å². The van der Waals surface area contributed by atoms with Crippen LogP contribution in [-0.2, 0) is 11.2 Å². The van der Waals surface area contributed by atoms with E-state index in [1.54, 1.807) is 7.11 Å². The van der Waals surface area contributed by atoms with Crippen LogP contribution in [0.5, 0.6) is 5.75 Å². The summed E-state index contributed by atoms with van der Waals surface area (Å²) in [4.78, 5) is 14.4. The van der Waals surface area contributed by atoms with Crippen LogP contribution in [0.2, 0.25) is 0 Å². The summed E-state index contributed by atoms with van der Waals surface area (Å²) < 4.78 is 5.15. The second-order valence-corrected chi connectivity index (χ2v) is 6.95. The molecule has 1 aliphatic rings. The van der Waals surface area contributed by atoms with Gasteiger partial charge in [-0.3, -0.25) is 9.69 Å². The number of hydrogen-bond donors (Lipinski definition) is 1. The summed E-state index contributed by atoms with van der Waals surface area (Å²) in [6.07, 6.45) is 7.22. The lowest BCUT2D eigenvalue weighted by Crippen LogP contribution is -2.42. The van der Waals surface area contributed by atoms with Gasteiger partial charge < -0.3 is 10.1 Å². The molecule has 0 radical (unpaired) electrons. The van der Waals surface area contributed by atoms with E-state index in [2.05, 4.69) is 24.2 Å². The maximum atomic E-state index is 12.1. The van der Waals surface area contributed by atoms with Crippen LogP contribution in [0.1, 0.15) is 44.6 Å². The zero-order chi connectivity index (χ0) is 17.4. The van der Waals surface area contributed by atoms with Gasteiger partial charge in [-0.2, -0.15) is 0 Å². The average Bonchev–Trinajstić information content (AvgIpc) is 2.62. The summed E-state index contributed by atoms with van der Waals surface area (Å²) in [5.74, 6) is 1.89. The van der Waals surface area contributed by atoms with Gasteiger partial charge in [0.25, 0.3) is 0 Å². The van der Waals surface area contributed by atoms with E-state index in [0.717, 1.165) is 18.1 Å². The van der Waals surface area contributed by atoms with E-state index in [9.17, 15) is 4.79 Å². The van der Waals surface area contributed by atoms with Crippen molar-refractivity contribution in [1.82, 2.24) is 10.2 Å². The standard InChI is InChI=1S/C20H32N2O2/c1-4-16-5-9-18(10-6-16)22(2)15-20(23)21-14-13-17-7-11-19(24-3)12-8-17/h7-8,11-12,16,18H,4-6,9-10,13-15H2,1-3H3,(H,21,23). The molecule has 0 saturated heterocycles. The summed E-state index contributed by atoms with van der Waals surface area (Å²) in [7, 11) is 3.75. The van der Waals surface area contributed by atoms with E-state index < -0.39 is 0 Å². The van der Waals surface area contributed by atoms with Crippen LogP contribution in [0.25, 0.3) is 0 Å². The molecule has 134 valence electrons. The molecule has 0 atom stereocenters. The summed E-state index contributed by atoms with van der Waals surface area (Å²) >= 11 is 0. The van der Waals surface area contributed by atoms with Crippen molar-refractivity contribution in [2.75, 3.05) is 27.2 Å². The van der Waals surface area contributed by atoms with Gasteiger partial charge in [0.15, 0.2) is 0 Å². The number of nitrogens with one attached hydrogen (secondary N) is 1. The number of carbonyl (C=O) groups excluding carboxylic acids is 1. The molecule has 0 aromatic heterocycles. The minimum Gasteiger partial charge on any atom is -0.497 e. The minimum absolute atomic E-state index is 0.128. The highest BCUT2D eigenvalue weighted by Crippen LogP contribution is 2.28. The highest BCUT2D eigenvalue weighted by atomic mass is 16.5. The van der Waals surface area contributed by atoms with E-state index in [-0.39, 0.29) is 5.91 Å². The largest absolute Gasteiger partial charge is 0.497 e. The van der Waals surface area contributed by atoms with Gasteiger partial charge in [0.2, 0.25) is 5.91 Å². The van der Waals surface area contributed by atoms with Crippen LogP contribution in [0.15, 0.2) is 24.3 Å². The number of hydrogen-bond acceptors (Lipinski definition) is 3. The van der Waals surface area contributed by atoms with Crippen LogP contribution in [0, 0.1) is 5.92 Å². The number of benzene rings is 1. The lowest BCUT2D eigenvalue weighted by Gasteiger charge is -2.34. The summed E-state index contributed by atoms with van der Waals surface area (Å²) in [6, 6.07) is 8.57. The Morgan fingerprint density at radius 3 is 2.46 bits per heavy atom. The Morgan fingerprint density at radius 1 is 1.21 bits per heavy atom. The second-order valence-electron chi connectivity index (χ2n) is 6.95. The molecule has 4 nitrogen and oxygen atoms in total. The highest BCUT2D eigenvalue weighted by Gasteiger charge is 2.23. The van der Waals surface area contributed by atoms with E-state index in [1.807, 2.05) is 24.3 Å². The molecule has 0 unspecified atom stereocenters. The Hall–Kier alpha value is -1.55. The van der Waals surface area contributed by atoms with Crippen LogP contribution in [-0.4, -0.2) is 44.1 Å². The Bertz CT molecular complexity index is 493. The van der Waals surface area contributed by atoms with Gasteiger partial charge in [-0.25, -0.2) is 0 Å². The minimum atomic E-state index is 0.128. The van der Waals surface area contributed by atoms with Crippen molar-refractivity contribution in [2.45, 2.75) is 51.5 Å². The molecule has 1 aliphatic carbocycles. The van der Waals surface area contributed by atoms with Crippen LogP contribution in [0.4, 0.5) is 0 Å². The van der Waals surface area contributed by atoms with Crippen molar-refractivity contribution in [2.24, 2.45) is 5.92 Å². The van der Waals surface area contributed by atoms with Gasteiger partial charge in [0.1, 0.15) is 5.75 Å². The smallest absolute Gasteiger partial charge is 0.234 e. The molecule has 1 amide bonds. The Labute approximate surface area is 146 Å². The van der Waals surface area contributed by atoms with Crippen LogP contribution >= 0.6 is 0 Å². The Morgan fingerprint density at radius 2 is 1.88 bits per heavy atom. The Kier molecular flexibility index (Phi) is 7.57. The molecular formula is C20H32N2O2. The van der Waals surface area contributed by atoms with E-state index in [0.29, 0.717) is 19.1 Å². The predicted octanol–water partition coefficient (Wildman–Crippen LogP) is 3.25. The molecule has 0 bridgehead atoms. The zero-order valence-electron chi connectivity index (χ0n) is 15.4. The molecule has 0 spiro atoms. The van der Waals surface area contributed by atoms with Crippen molar-refractivity contribution in [3.05, 3.63) is 29.8 Å². The number of likely N-dealkylation sites (N-methyl/N-ethyl adjacent to an activating group) is 1. The molecule has 24 heavy (non-hydrogen) atoms. The molecule has 1 aromatic rings. The lowest BCUT2D eigenvalue weighted by atomic mass is 9.84. The van der Waals surface area contributed by atoms with Gasteiger partial charge in [-0.15, -0.1) is 0 Å². The van der Waals surface area contributed by atoms with Crippen LogP contribution in [0.3, 0.4) is 0 Å². The zero-order valence-corrected chi connectivity index (χ0v) is 15.4. The first-order valence-corrected chi connectivity index (χ1v) is 9.22. The third-order valence-electron chi connectivity index (χ3n) is 5.30. The quantitative estimate of drug-likeness (QED) is 0.794. The van der Waals surface area contributed by atoms with Gasteiger partial charge in [-0.05, 0) is 62.8 Å². The SMILES string of the molecule is CCC1CCC(N(C)CC(=O)NCCc2ccc(OC)cc2)CC1.